The molecule has 2 heterocycles. The molecule has 2 saturated heterocycles. The number of ether oxygens (including phenoxy) is 1. The van der Waals surface area contributed by atoms with Crippen molar-refractivity contribution in [3.63, 3.8) is 0 Å². The minimum atomic E-state index is -0.709. The fraction of sp³-hybridized carbons (Fsp3) is 0.438. The lowest BCUT2D eigenvalue weighted by Crippen LogP contribution is -2.47. The monoisotopic (exact) mass is 413 g/mol. The number of thioether (sulfide) groups is 1. The molecule has 2 amide bonds. The van der Waals surface area contributed by atoms with Crippen LogP contribution < -0.4 is 5.32 Å². The number of hydrogen-bond donors (Lipinski definition) is 1. The highest BCUT2D eigenvalue weighted by Gasteiger charge is 2.53. The van der Waals surface area contributed by atoms with E-state index in [2.05, 4.69) is 5.32 Å². The predicted octanol–water partition coefficient (Wildman–Crippen LogP) is 2.18. The van der Waals surface area contributed by atoms with Crippen LogP contribution in [0.4, 0.5) is 11.4 Å². The van der Waals surface area contributed by atoms with Crippen LogP contribution in [-0.2, 0) is 19.1 Å². The fourth-order valence-corrected chi connectivity index (χ4v) is 4.76. The molecule has 0 spiro atoms. The van der Waals surface area contributed by atoms with Crippen molar-refractivity contribution in [2.75, 3.05) is 17.7 Å². The Bertz CT molecular complexity index is 834. The first-order valence-electron chi connectivity index (χ1n) is 8.08. The molecule has 2 atom stereocenters. The summed E-state index contributed by atoms with van der Waals surface area (Å²) in [6, 6.07) is 3.09. The number of carbonyl (C=O) groups excluding carboxylic acids is 3. The van der Waals surface area contributed by atoms with Gasteiger partial charge in [0.15, 0.2) is 6.61 Å². The number of anilines is 1. The Morgan fingerprint density at radius 1 is 1.52 bits per heavy atom. The van der Waals surface area contributed by atoms with Crippen molar-refractivity contribution in [1.29, 1.82) is 0 Å². The maximum absolute atomic E-state index is 12.3. The molecule has 0 saturated carbocycles. The van der Waals surface area contributed by atoms with Crippen LogP contribution in [0.1, 0.15) is 19.8 Å². The van der Waals surface area contributed by atoms with Crippen molar-refractivity contribution in [3.05, 3.63) is 33.3 Å². The standard InChI is InChI=1S/C16H16ClN3O6S/c1-16-5-4-14(22)19(16)12(8-27-16)15(23)26-7-13(21)18-9-2-3-10(17)11(6-9)20(24)25/h2-3,6,12H,4-5,7-8H2,1H3,(H,18,21)/t12-,16-/m1/s1. The number of benzene rings is 1. The van der Waals surface area contributed by atoms with Crippen molar-refractivity contribution in [1.82, 2.24) is 4.90 Å². The van der Waals surface area contributed by atoms with E-state index in [1.165, 1.54) is 23.9 Å². The van der Waals surface area contributed by atoms with Crippen molar-refractivity contribution in [2.45, 2.75) is 30.7 Å². The minimum absolute atomic E-state index is 0.0542. The smallest absolute Gasteiger partial charge is 0.330 e. The van der Waals surface area contributed by atoms with Crippen LogP contribution in [0, 0.1) is 10.1 Å². The lowest BCUT2D eigenvalue weighted by Gasteiger charge is -2.29. The Hall–Kier alpha value is -2.33. The summed E-state index contributed by atoms with van der Waals surface area (Å²) in [5, 5.41) is 13.2. The van der Waals surface area contributed by atoms with Gasteiger partial charge in [0.25, 0.3) is 11.6 Å². The lowest BCUT2D eigenvalue weighted by atomic mass is 10.2. The molecule has 2 fully saturated rings. The second kappa shape index (κ2) is 7.35. The van der Waals surface area contributed by atoms with E-state index in [4.69, 9.17) is 16.3 Å². The highest BCUT2D eigenvalue weighted by molar-refractivity contribution is 8.01. The lowest BCUT2D eigenvalue weighted by molar-refractivity contribution is -0.384. The predicted molar refractivity (Wildman–Crippen MR) is 98.4 cm³/mol. The van der Waals surface area contributed by atoms with Crippen LogP contribution >= 0.6 is 23.4 Å². The normalized spacial score (nSPS) is 23.9. The van der Waals surface area contributed by atoms with E-state index in [9.17, 15) is 24.5 Å². The van der Waals surface area contributed by atoms with E-state index in [1.807, 2.05) is 6.92 Å². The molecule has 9 nitrogen and oxygen atoms in total. The molecule has 0 radical (unpaired) electrons. The maximum atomic E-state index is 12.3. The molecule has 0 aliphatic carbocycles. The first-order chi connectivity index (χ1) is 12.7. The molecule has 11 heteroatoms. The zero-order valence-electron chi connectivity index (χ0n) is 14.3. The maximum Gasteiger partial charge on any atom is 0.330 e. The van der Waals surface area contributed by atoms with Gasteiger partial charge in [-0.15, -0.1) is 11.8 Å². The number of carbonyl (C=O) groups is 3. The molecule has 0 aromatic heterocycles. The molecule has 2 aliphatic heterocycles. The van der Waals surface area contributed by atoms with E-state index in [0.29, 0.717) is 18.6 Å². The highest BCUT2D eigenvalue weighted by atomic mass is 35.5. The summed E-state index contributed by atoms with van der Waals surface area (Å²) in [5.41, 5.74) is -0.188. The summed E-state index contributed by atoms with van der Waals surface area (Å²) in [6.45, 7) is 1.35. The molecule has 144 valence electrons. The average molecular weight is 414 g/mol. The van der Waals surface area contributed by atoms with Crippen LogP contribution in [-0.4, -0.2) is 50.9 Å². The second-order valence-electron chi connectivity index (χ2n) is 6.34. The number of fused-ring (bicyclic) bond motifs is 1. The Morgan fingerprint density at radius 3 is 2.96 bits per heavy atom. The van der Waals surface area contributed by atoms with Gasteiger partial charge < -0.3 is 15.0 Å². The number of esters is 1. The van der Waals surface area contributed by atoms with Gasteiger partial charge in [-0.1, -0.05) is 11.6 Å². The number of amides is 2. The van der Waals surface area contributed by atoms with Crippen LogP contribution in [0.5, 0.6) is 0 Å². The molecule has 3 rings (SSSR count). The molecule has 0 bridgehead atoms. The Morgan fingerprint density at radius 2 is 2.26 bits per heavy atom. The van der Waals surface area contributed by atoms with Gasteiger partial charge in [0, 0.05) is 23.9 Å². The Kier molecular flexibility index (Phi) is 5.29. The minimum Gasteiger partial charge on any atom is -0.454 e. The third-order valence-electron chi connectivity index (χ3n) is 4.49. The molecular formula is C16H16ClN3O6S. The van der Waals surface area contributed by atoms with Gasteiger partial charge >= 0.3 is 5.97 Å². The SMILES string of the molecule is C[C@@]12CCC(=O)N1[C@@H](C(=O)OCC(=O)Nc1ccc(Cl)c([N+](=O)[O-])c1)CS2. The third-order valence-corrected chi connectivity index (χ3v) is 6.31. The highest BCUT2D eigenvalue weighted by Crippen LogP contribution is 2.47. The van der Waals surface area contributed by atoms with Crippen molar-refractivity contribution < 1.29 is 24.0 Å². The molecule has 1 aromatic carbocycles. The average Bonchev–Trinajstić information content (AvgIpc) is 3.10. The third kappa shape index (κ3) is 3.86. The summed E-state index contributed by atoms with van der Waals surface area (Å²) >= 11 is 7.24. The largest absolute Gasteiger partial charge is 0.454 e. The van der Waals surface area contributed by atoms with Crippen molar-refractivity contribution >= 4 is 52.5 Å². The summed E-state index contributed by atoms with van der Waals surface area (Å²) in [6.07, 6.45) is 1.07. The quantitative estimate of drug-likeness (QED) is 0.446. The number of nitrogens with one attached hydrogen (secondary N) is 1. The number of hydrogen-bond acceptors (Lipinski definition) is 7. The summed E-state index contributed by atoms with van der Waals surface area (Å²) in [4.78, 5) is 47.7. The first-order valence-corrected chi connectivity index (χ1v) is 9.44. The summed E-state index contributed by atoms with van der Waals surface area (Å²) in [7, 11) is 0. The van der Waals surface area contributed by atoms with Crippen LogP contribution in [0.25, 0.3) is 0 Å². The van der Waals surface area contributed by atoms with E-state index in [1.54, 1.807) is 4.90 Å². The van der Waals surface area contributed by atoms with E-state index in [-0.39, 0.29) is 22.3 Å². The molecule has 27 heavy (non-hydrogen) atoms. The first kappa shape index (κ1) is 19.4. The van der Waals surface area contributed by atoms with E-state index < -0.39 is 34.3 Å². The van der Waals surface area contributed by atoms with Crippen LogP contribution in [0.2, 0.25) is 5.02 Å². The number of nitro benzene ring substituents is 1. The molecule has 0 unspecified atom stereocenters. The van der Waals surface area contributed by atoms with Crippen LogP contribution in [0.15, 0.2) is 18.2 Å². The zero-order chi connectivity index (χ0) is 19.8. The molecule has 2 aliphatic rings. The molecular weight excluding hydrogens is 398 g/mol. The Labute approximate surface area is 163 Å². The number of halogens is 1. The summed E-state index contributed by atoms with van der Waals surface area (Å²) in [5.74, 6) is -0.964. The summed E-state index contributed by atoms with van der Waals surface area (Å²) < 4.78 is 5.04. The van der Waals surface area contributed by atoms with Crippen molar-refractivity contribution in [3.8, 4) is 0 Å². The second-order valence-corrected chi connectivity index (χ2v) is 8.25. The van der Waals surface area contributed by atoms with Gasteiger partial charge in [0.1, 0.15) is 11.1 Å². The van der Waals surface area contributed by atoms with Crippen molar-refractivity contribution in [2.24, 2.45) is 0 Å². The Balaban J connectivity index is 1.57. The molecule has 1 N–H and O–H groups in total. The van der Waals surface area contributed by atoms with Gasteiger partial charge in [-0.2, -0.15) is 0 Å². The van der Waals surface area contributed by atoms with Gasteiger partial charge in [-0.05, 0) is 25.5 Å². The number of nitrogens with zero attached hydrogens (tertiary/aromatic N) is 2. The fourth-order valence-electron chi connectivity index (χ4n) is 3.16. The number of rotatable bonds is 5. The van der Waals surface area contributed by atoms with Gasteiger partial charge in [-0.25, -0.2) is 4.79 Å². The van der Waals surface area contributed by atoms with Crippen LogP contribution in [0.3, 0.4) is 0 Å². The van der Waals surface area contributed by atoms with Gasteiger partial charge in [-0.3, -0.25) is 19.7 Å². The molecule has 1 aromatic rings. The van der Waals surface area contributed by atoms with Gasteiger partial charge in [0.05, 0.1) is 9.79 Å². The van der Waals surface area contributed by atoms with Gasteiger partial charge in [0.2, 0.25) is 5.91 Å². The topological polar surface area (TPSA) is 119 Å². The number of nitro groups is 1. The zero-order valence-corrected chi connectivity index (χ0v) is 15.8. The van der Waals surface area contributed by atoms with E-state index in [0.717, 1.165) is 6.07 Å². The van der Waals surface area contributed by atoms with E-state index >= 15 is 0 Å².